The van der Waals surface area contributed by atoms with Crippen LogP contribution in [-0.4, -0.2) is 9.79 Å². The van der Waals surface area contributed by atoms with Crippen LogP contribution < -0.4 is 0 Å². The Morgan fingerprint density at radius 2 is 2.00 bits per heavy atom. The molecule has 0 aliphatic rings. The fraction of sp³-hybridized carbons (Fsp3) is 0.333. The maximum atomic E-state index is 11.3. The summed E-state index contributed by atoms with van der Waals surface area (Å²) in [6.07, 6.45) is -0.714. The van der Waals surface area contributed by atoms with Gasteiger partial charge in [-0.15, -0.1) is 0 Å². The molecular weight excluding hydrogens is 266 g/mol. The quantitative estimate of drug-likeness (QED) is 0.805. The van der Waals surface area contributed by atoms with Crippen LogP contribution >= 0.6 is 16.1 Å². The summed E-state index contributed by atoms with van der Waals surface area (Å²) in [6, 6.07) is 7.16. The first-order chi connectivity index (χ1) is 7.82. The van der Waals surface area contributed by atoms with Gasteiger partial charge in [0.05, 0.1) is 6.10 Å². The molecule has 0 aliphatic heterocycles. The first kappa shape index (κ1) is 14.6. The smallest absolute Gasteiger partial charge is 0.326 e. The molecule has 0 bridgehead atoms. The first-order valence-corrected chi connectivity index (χ1v) is 7.57. The molecule has 0 spiro atoms. The lowest BCUT2D eigenvalue weighted by Crippen LogP contribution is -2.01. The molecule has 3 atom stereocenters. The van der Waals surface area contributed by atoms with Gasteiger partial charge in [-0.1, -0.05) is 24.3 Å². The Bertz CT molecular complexity index is 461. The highest BCUT2D eigenvalue weighted by Gasteiger charge is 2.27. The minimum atomic E-state index is -4.51. The van der Waals surface area contributed by atoms with Crippen LogP contribution in [0.2, 0.25) is 0 Å². The van der Waals surface area contributed by atoms with E-state index < -0.39 is 22.2 Å². The van der Waals surface area contributed by atoms with Crippen LogP contribution in [-0.2, 0) is 18.0 Å². The molecule has 3 unspecified atom stereocenters. The Morgan fingerprint density at radius 3 is 2.53 bits per heavy atom. The predicted octanol–water partition coefficient (Wildman–Crippen LogP) is 2.57. The summed E-state index contributed by atoms with van der Waals surface area (Å²) in [6.45, 7) is 3.39. The predicted molar refractivity (Wildman–Crippen MR) is 62.8 cm³/mol. The van der Waals surface area contributed by atoms with Crippen molar-refractivity contribution in [2.45, 2.75) is 20.0 Å². The summed E-state index contributed by atoms with van der Waals surface area (Å²) in [7, 11) is -8.02. The first-order valence-electron chi connectivity index (χ1n) is 4.81. The minimum Gasteiger partial charge on any atom is -0.326 e. The molecule has 0 saturated heterocycles. The van der Waals surface area contributed by atoms with Crippen molar-refractivity contribution in [1.29, 1.82) is 0 Å². The van der Waals surface area contributed by atoms with Crippen LogP contribution in [0, 0.1) is 6.92 Å². The highest BCUT2D eigenvalue weighted by Crippen LogP contribution is 2.53. The molecule has 0 heterocycles. The molecule has 1 aromatic carbocycles. The molecule has 1 aromatic rings. The number of hydrogen-bond acceptors (Lipinski definition) is 4. The number of rotatable bonds is 5. The fourth-order valence-corrected chi connectivity index (χ4v) is 2.89. The van der Waals surface area contributed by atoms with Crippen LogP contribution in [0.3, 0.4) is 0 Å². The van der Waals surface area contributed by atoms with E-state index in [2.05, 4.69) is 4.31 Å². The van der Waals surface area contributed by atoms with Crippen molar-refractivity contribution >= 4 is 16.1 Å². The Labute approximate surface area is 99.8 Å². The third-order valence-corrected chi connectivity index (χ3v) is 4.24. The van der Waals surface area contributed by atoms with Crippen LogP contribution in [0.1, 0.15) is 24.2 Å². The summed E-state index contributed by atoms with van der Waals surface area (Å²) < 4.78 is 30.4. The third kappa shape index (κ3) is 4.72. The van der Waals surface area contributed by atoms with E-state index >= 15 is 0 Å². The van der Waals surface area contributed by atoms with Gasteiger partial charge in [0.2, 0.25) is 0 Å². The maximum Gasteiger partial charge on any atom is 0.479 e. The van der Waals surface area contributed by atoms with Gasteiger partial charge < -0.3 is 9.79 Å². The van der Waals surface area contributed by atoms with E-state index in [4.69, 9.17) is 9.42 Å². The molecule has 0 amide bonds. The van der Waals surface area contributed by atoms with E-state index in [-0.39, 0.29) is 0 Å². The van der Waals surface area contributed by atoms with Crippen molar-refractivity contribution in [3.05, 3.63) is 35.4 Å². The van der Waals surface area contributed by atoms with E-state index in [1.165, 1.54) is 0 Å². The van der Waals surface area contributed by atoms with Crippen LogP contribution in [0.15, 0.2) is 24.3 Å². The average molecular weight is 280 g/mol. The molecule has 8 heteroatoms. The van der Waals surface area contributed by atoms with Gasteiger partial charge in [-0.2, -0.15) is 0 Å². The second-order valence-corrected chi connectivity index (χ2v) is 5.84. The topological polar surface area (TPSA) is 93.1 Å². The zero-order chi connectivity index (χ0) is 13.1. The van der Waals surface area contributed by atoms with E-state index in [0.29, 0.717) is 5.56 Å². The van der Waals surface area contributed by atoms with E-state index in [1.807, 2.05) is 19.1 Å². The monoisotopic (exact) mass is 280 g/mol. The van der Waals surface area contributed by atoms with Crippen LogP contribution in [0.25, 0.3) is 0 Å². The molecule has 96 valence electrons. The number of phosphoric ester groups is 1. The summed E-state index contributed by atoms with van der Waals surface area (Å²) >= 11 is 0. The Morgan fingerprint density at radius 1 is 1.41 bits per heavy atom. The summed E-state index contributed by atoms with van der Waals surface area (Å²) in [4.78, 5) is 17.6. The van der Waals surface area contributed by atoms with Gasteiger partial charge in [0.25, 0.3) is 0 Å². The zero-order valence-electron chi connectivity index (χ0n) is 9.36. The minimum absolute atomic E-state index is 0.711. The van der Waals surface area contributed by atoms with Gasteiger partial charge in [-0.3, -0.25) is 9.09 Å². The number of benzene rings is 1. The van der Waals surface area contributed by atoms with Crippen molar-refractivity contribution in [3.63, 3.8) is 0 Å². The molecule has 1 rings (SSSR count). The lowest BCUT2D eigenvalue weighted by atomic mass is 10.1. The van der Waals surface area contributed by atoms with Crippen molar-refractivity contribution in [3.8, 4) is 0 Å². The Kier molecular flexibility index (Phi) is 5.07. The van der Waals surface area contributed by atoms with Gasteiger partial charge in [0.15, 0.2) is 0 Å². The summed E-state index contributed by atoms with van der Waals surface area (Å²) in [5.74, 6) is 0. The lowest BCUT2D eigenvalue weighted by molar-refractivity contribution is 0.149. The lowest BCUT2D eigenvalue weighted by Gasteiger charge is -2.18. The van der Waals surface area contributed by atoms with Crippen molar-refractivity contribution in [1.82, 2.24) is 0 Å². The highest BCUT2D eigenvalue weighted by molar-refractivity contribution is 7.55. The second-order valence-electron chi connectivity index (χ2n) is 3.43. The van der Waals surface area contributed by atoms with E-state index in [9.17, 15) is 14.0 Å². The van der Waals surface area contributed by atoms with E-state index in [1.54, 1.807) is 19.1 Å². The average Bonchev–Trinajstić information content (AvgIpc) is 2.14. The SMILES string of the molecule is Cc1ccccc1C(C)OP(=O)(O)O[PH](=O)O. The fourth-order valence-electron chi connectivity index (χ4n) is 1.42. The molecule has 0 radical (unpaired) electrons. The van der Waals surface area contributed by atoms with Gasteiger partial charge in [-0.25, -0.2) is 8.88 Å². The molecule has 0 fully saturated rings. The van der Waals surface area contributed by atoms with E-state index in [0.717, 1.165) is 5.56 Å². The molecule has 0 aromatic heterocycles. The number of phosphoric acid groups is 1. The third-order valence-electron chi connectivity index (χ3n) is 2.11. The zero-order valence-corrected chi connectivity index (χ0v) is 11.3. The van der Waals surface area contributed by atoms with Crippen molar-refractivity contribution in [2.75, 3.05) is 0 Å². The molecule has 0 aliphatic carbocycles. The second kappa shape index (κ2) is 5.91. The molecule has 17 heavy (non-hydrogen) atoms. The molecular formula is C9H14O6P2. The molecule has 2 N–H and O–H groups in total. The number of hydrogen-bond donors (Lipinski definition) is 2. The van der Waals surface area contributed by atoms with Crippen LogP contribution in [0.4, 0.5) is 0 Å². The highest BCUT2D eigenvalue weighted by atomic mass is 31.2. The summed E-state index contributed by atoms with van der Waals surface area (Å²) in [5.41, 5.74) is 1.60. The van der Waals surface area contributed by atoms with Crippen LogP contribution in [0.5, 0.6) is 0 Å². The molecule has 6 nitrogen and oxygen atoms in total. The normalized spacial score (nSPS) is 18.4. The van der Waals surface area contributed by atoms with Gasteiger partial charge >= 0.3 is 16.1 Å². The Balaban J connectivity index is 2.79. The number of aryl methyl sites for hydroxylation is 1. The van der Waals surface area contributed by atoms with Crippen molar-refractivity contribution in [2.24, 2.45) is 0 Å². The van der Waals surface area contributed by atoms with Crippen molar-refractivity contribution < 1.29 is 27.8 Å². The molecule has 0 saturated carbocycles. The van der Waals surface area contributed by atoms with Gasteiger partial charge in [-0.05, 0) is 25.0 Å². The summed E-state index contributed by atoms with van der Waals surface area (Å²) in [5, 5.41) is 0. The van der Waals surface area contributed by atoms with Gasteiger partial charge in [0, 0.05) is 0 Å². The van der Waals surface area contributed by atoms with Gasteiger partial charge in [0.1, 0.15) is 0 Å². The Hall–Kier alpha value is -0.480. The maximum absolute atomic E-state index is 11.3. The standard InChI is InChI=1S/C9H14O6P2/c1-7-5-3-4-6-9(7)8(2)14-17(12,13)15-16(10)11/h3-6,8,16H,1-2H3,(H,10,11)(H,12,13). The largest absolute Gasteiger partial charge is 0.479 e.